The van der Waals surface area contributed by atoms with Gasteiger partial charge in [-0.3, -0.25) is 4.79 Å². The number of hydrogen-bond donors (Lipinski definition) is 1. The van der Waals surface area contributed by atoms with E-state index in [0.717, 1.165) is 10.4 Å². The molecule has 0 aliphatic carbocycles. The van der Waals surface area contributed by atoms with E-state index in [4.69, 9.17) is 14.2 Å². The third-order valence-corrected chi connectivity index (χ3v) is 5.05. The highest BCUT2D eigenvalue weighted by Gasteiger charge is 2.19. The smallest absolute Gasteiger partial charge is 0.244 e. The van der Waals surface area contributed by atoms with Gasteiger partial charge in [0.05, 0.1) is 13.2 Å². The van der Waals surface area contributed by atoms with Crippen LogP contribution < -0.4 is 19.5 Å². The molecule has 0 radical (unpaired) electrons. The van der Waals surface area contributed by atoms with E-state index in [1.54, 1.807) is 24.5 Å². The first-order valence-corrected chi connectivity index (χ1v) is 9.46. The van der Waals surface area contributed by atoms with Gasteiger partial charge in [-0.05, 0) is 41.1 Å². The summed E-state index contributed by atoms with van der Waals surface area (Å²) < 4.78 is 16.6. The molecule has 1 aliphatic rings. The number of rotatable bonds is 6. The second kappa shape index (κ2) is 8.27. The lowest BCUT2D eigenvalue weighted by atomic mass is 10.0. The van der Waals surface area contributed by atoms with E-state index in [0.29, 0.717) is 36.4 Å². The highest BCUT2D eigenvalue weighted by molar-refractivity contribution is 7.10. The summed E-state index contributed by atoms with van der Waals surface area (Å²) in [5, 5.41) is 5.10. The Bertz CT molecular complexity index is 766. The zero-order valence-electron chi connectivity index (χ0n) is 15.2. The third kappa shape index (κ3) is 4.19. The number of carbonyl (C=O) groups is 1. The Kier molecular flexibility index (Phi) is 5.83. The predicted molar refractivity (Wildman–Crippen MR) is 103 cm³/mol. The van der Waals surface area contributed by atoms with Gasteiger partial charge in [0.2, 0.25) is 11.7 Å². The number of benzene rings is 1. The van der Waals surface area contributed by atoms with Crippen molar-refractivity contribution in [2.45, 2.75) is 19.9 Å². The zero-order valence-corrected chi connectivity index (χ0v) is 16.0. The lowest BCUT2D eigenvalue weighted by molar-refractivity contribution is -0.117. The van der Waals surface area contributed by atoms with E-state index >= 15 is 0 Å². The second-order valence-corrected chi connectivity index (χ2v) is 7.31. The van der Waals surface area contributed by atoms with Gasteiger partial charge in [-0.1, -0.05) is 19.9 Å². The average molecular weight is 373 g/mol. The lowest BCUT2D eigenvalue weighted by Crippen LogP contribution is -2.29. The van der Waals surface area contributed by atoms with Gasteiger partial charge in [-0.25, -0.2) is 0 Å². The Morgan fingerprint density at radius 1 is 1.31 bits per heavy atom. The largest absolute Gasteiger partial charge is 0.493 e. The van der Waals surface area contributed by atoms with Crippen LogP contribution in [0.3, 0.4) is 0 Å². The summed E-state index contributed by atoms with van der Waals surface area (Å²) in [6.07, 6.45) is 3.29. The number of ether oxygens (including phenoxy) is 3. The molecule has 1 amide bonds. The standard InChI is InChI=1S/C20H23NO4S/c1-13(2)19(17-5-4-10-26-17)21-18(22)7-6-14-11-15(23-3)20-16(12-14)24-8-9-25-20/h4-7,10-13,19H,8-9H2,1-3H3,(H,21,22)/b7-6+/t19-/m0/s1. The zero-order chi connectivity index (χ0) is 18.5. The molecule has 1 aromatic heterocycles. The average Bonchev–Trinajstić information content (AvgIpc) is 3.17. The summed E-state index contributed by atoms with van der Waals surface area (Å²) in [6, 6.07) is 7.72. The molecule has 0 spiro atoms. The van der Waals surface area contributed by atoms with E-state index < -0.39 is 0 Å². The Morgan fingerprint density at radius 3 is 2.81 bits per heavy atom. The van der Waals surface area contributed by atoms with Crippen LogP contribution in [0.15, 0.2) is 35.7 Å². The second-order valence-electron chi connectivity index (χ2n) is 6.33. The monoisotopic (exact) mass is 373 g/mol. The predicted octanol–water partition coefficient (Wildman–Crippen LogP) is 4.05. The molecule has 6 heteroatoms. The van der Waals surface area contributed by atoms with Crippen LogP contribution >= 0.6 is 11.3 Å². The van der Waals surface area contributed by atoms with Gasteiger partial charge < -0.3 is 19.5 Å². The molecule has 1 N–H and O–H groups in total. The molecule has 5 nitrogen and oxygen atoms in total. The number of amides is 1. The fraction of sp³-hybridized carbons (Fsp3) is 0.350. The van der Waals surface area contributed by atoms with E-state index in [1.807, 2.05) is 29.6 Å². The maximum atomic E-state index is 12.4. The lowest BCUT2D eigenvalue weighted by Gasteiger charge is -2.21. The van der Waals surface area contributed by atoms with E-state index in [-0.39, 0.29) is 11.9 Å². The molecular weight excluding hydrogens is 350 g/mol. The highest BCUT2D eigenvalue weighted by atomic mass is 32.1. The molecular formula is C20H23NO4S. The Labute approximate surface area is 157 Å². The number of methoxy groups -OCH3 is 1. The van der Waals surface area contributed by atoms with Crippen molar-refractivity contribution in [1.29, 1.82) is 0 Å². The molecule has 0 unspecified atom stereocenters. The molecule has 1 atom stereocenters. The maximum absolute atomic E-state index is 12.4. The van der Waals surface area contributed by atoms with Gasteiger partial charge >= 0.3 is 0 Å². The van der Waals surface area contributed by atoms with Crippen LogP contribution in [-0.4, -0.2) is 26.2 Å². The Morgan fingerprint density at radius 2 is 2.12 bits per heavy atom. The minimum Gasteiger partial charge on any atom is -0.493 e. The van der Waals surface area contributed by atoms with Crippen LogP contribution in [0, 0.1) is 5.92 Å². The molecule has 0 saturated heterocycles. The van der Waals surface area contributed by atoms with Gasteiger partial charge in [-0.15, -0.1) is 11.3 Å². The summed E-state index contributed by atoms with van der Waals surface area (Å²) in [4.78, 5) is 13.5. The number of hydrogen-bond acceptors (Lipinski definition) is 5. The van der Waals surface area contributed by atoms with Crippen molar-refractivity contribution in [2.75, 3.05) is 20.3 Å². The molecule has 138 valence electrons. The fourth-order valence-electron chi connectivity index (χ4n) is 2.80. The summed E-state index contributed by atoms with van der Waals surface area (Å²) >= 11 is 1.65. The molecule has 1 aliphatic heterocycles. The van der Waals surface area contributed by atoms with Crippen molar-refractivity contribution in [1.82, 2.24) is 5.32 Å². The van der Waals surface area contributed by atoms with Gasteiger partial charge in [0.25, 0.3) is 0 Å². The van der Waals surface area contributed by atoms with Crippen LogP contribution in [0.25, 0.3) is 6.08 Å². The van der Waals surface area contributed by atoms with Gasteiger partial charge in [0.1, 0.15) is 13.2 Å². The van der Waals surface area contributed by atoms with E-state index in [1.165, 1.54) is 6.08 Å². The minimum absolute atomic E-state index is 0.00181. The topological polar surface area (TPSA) is 56.8 Å². The van der Waals surface area contributed by atoms with Crippen LogP contribution in [0.5, 0.6) is 17.2 Å². The summed E-state index contributed by atoms with van der Waals surface area (Å²) in [5.41, 5.74) is 0.818. The maximum Gasteiger partial charge on any atom is 0.244 e. The van der Waals surface area contributed by atoms with E-state index in [2.05, 4.69) is 19.2 Å². The molecule has 2 aromatic rings. The van der Waals surface area contributed by atoms with Gasteiger partial charge in [-0.2, -0.15) is 0 Å². The van der Waals surface area contributed by atoms with Crippen molar-refractivity contribution in [3.63, 3.8) is 0 Å². The van der Waals surface area contributed by atoms with Crippen LogP contribution in [0.1, 0.15) is 30.3 Å². The molecule has 26 heavy (non-hydrogen) atoms. The first-order valence-electron chi connectivity index (χ1n) is 8.58. The van der Waals surface area contributed by atoms with Crippen molar-refractivity contribution < 1.29 is 19.0 Å². The first-order chi connectivity index (χ1) is 12.6. The summed E-state index contributed by atoms with van der Waals surface area (Å²) in [5.74, 6) is 2.01. The van der Waals surface area contributed by atoms with Crippen molar-refractivity contribution >= 4 is 23.3 Å². The van der Waals surface area contributed by atoms with Crippen LogP contribution in [-0.2, 0) is 4.79 Å². The molecule has 2 heterocycles. The van der Waals surface area contributed by atoms with Gasteiger partial charge in [0, 0.05) is 11.0 Å². The molecule has 0 bridgehead atoms. The molecule has 1 aromatic carbocycles. The summed E-state index contributed by atoms with van der Waals surface area (Å²) in [7, 11) is 1.59. The number of thiophene rings is 1. The Hall–Kier alpha value is -2.47. The number of fused-ring (bicyclic) bond motifs is 1. The molecule has 3 rings (SSSR count). The Balaban J connectivity index is 1.74. The fourth-order valence-corrected chi connectivity index (χ4v) is 3.75. The van der Waals surface area contributed by atoms with E-state index in [9.17, 15) is 4.79 Å². The van der Waals surface area contributed by atoms with Crippen LogP contribution in [0.4, 0.5) is 0 Å². The van der Waals surface area contributed by atoms with Crippen molar-refractivity contribution in [2.24, 2.45) is 5.92 Å². The molecule has 0 saturated carbocycles. The van der Waals surface area contributed by atoms with Crippen molar-refractivity contribution in [3.05, 3.63) is 46.2 Å². The van der Waals surface area contributed by atoms with Gasteiger partial charge in [0.15, 0.2) is 11.5 Å². The molecule has 0 fully saturated rings. The normalized spacial score (nSPS) is 14.5. The van der Waals surface area contributed by atoms with Crippen molar-refractivity contribution in [3.8, 4) is 17.2 Å². The highest BCUT2D eigenvalue weighted by Crippen LogP contribution is 2.40. The summed E-state index contributed by atoms with van der Waals surface area (Å²) in [6.45, 7) is 5.20. The van der Waals surface area contributed by atoms with Crippen LogP contribution in [0.2, 0.25) is 0 Å². The minimum atomic E-state index is -0.133. The first kappa shape index (κ1) is 18.3. The number of nitrogens with one attached hydrogen (secondary N) is 1. The quantitative estimate of drug-likeness (QED) is 0.776. The number of carbonyl (C=O) groups excluding carboxylic acids is 1. The SMILES string of the molecule is COc1cc(/C=C/C(=O)N[C@H](c2cccs2)C(C)C)cc2c1OCCO2. The third-order valence-electron chi connectivity index (χ3n) is 4.09.